The van der Waals surface area contributed by atoms with Crippen molar-refractivity contribution in [2.24, 2.45) is 4.99 Å². The van der Waals surface area contributed by atoms with Gasteiger partial charge in [0.2, 0.25) is 0 Å². The maximum absolute atomic E-state index is 4.70. The largest absolute Gasteiger partial charge is 0.357 e. The van der Waals surface area contributed by atoms with Gasteiger partial charge in [-0.1, -0.05) is 6.07 Å². The third-order valence-corrected chi connectivity index (χ3v) is 4.44. The lowest BCUT2D eigenvalue weighted by Gasteiger charge is -2.33. The fraction of sp³-hybridized carbons (Fsp3) is 0.700. The molecule has 0 bridgehead atoms. The number of aryl methyl sites for hydroxylation is 1. The highest BCUT2D eigenvalue weighted by molar-refractivity contribution is 5.80. The smallest absolute Gasteiger partial charge is 0.191 e. The summed E-state index contributed by atoms with van der Waals surface area (Å²) in [6, 6.07) is 4.72. The Kier molecular flexibility index (Phi) is 7.69. The van der Waals surface area contributed by atoms with Crippen LogP contribution < -0.4 is 20.9 Å². The van der Waals surface area contributed by atoms with Crippen LogP contribution in [0, 0.1) is 6.92 Å². The first-order valence-electron chi connectivity index (χ1n) is 9.85. The Morgan fingerprint density at radius 3 is 2.58 bits per heavy atom. The molecule has 1 saturated heterocycles. The van der Waals surface area contributed by atoms with E-state index in [9.17, 15) is 0 Å². The van der Waals surface area contributed by atoms with Crippen LogP contribution in [0.5, 0.6) is 0 Å². The van der Waals surface area contributed by atoms with Crippen molar-refractivity contribution in [2.45, 2.75) is 59.0 Å². The Balaban J connectivity index is 1.80. The minimum Gasteiger partial charge on any atom is -0.357 e. The first-order valence-corrected chi connectivity index (χ1v) is 9.85. The lowest BCUT2D eigenvalue weighted by atomic mass is 10.1. The van der Waals surface area contributed by atoms with Crippen molar-refractivity contribution in [1.82, 2.24) is 20.9 Å². The van der Waals surface area contributed by atoms with Crippen LogP contribution in [0.15, 0.2) is 23.3 Å². The van der Waals surface area contributed by atoms with Gasteiger partial charge < -0.3 is 20.9 Å². The number of hydrogen-bond acceptors (Lipinski definition) is 4. The molecule has 1 aromatic rings. The molecule has 0 unspecified atom stereocenters. The third-order valence-electron chi connectivity index (χ3n) is 4.44. The minimum atomic E-state index is 0.137. The van der Waals surface area contributed by atoms with Crippen molar-refractivity contribution < 1.29 is 0 Å². The zero-order valence-corrected chi connectivity index (χ0v) is 17.1. The maximum Gasteiger partial charge on any atom is 0.191 e. The standard InChI is InChI=1S/C20H36N6/c1-6-21-19(22-11-12-24-20(3,4)5)25-17-9-13-26(14-10-17)18-8-7-16(2)15-23-18/h7-8,15,17,24H,6,9-14H2,1-5H3,(H2,21,22,25). The van der Waals surface area contributed by atoms with Crippen molar-refractivity contribution in [3.05, 3.63) is 23.9 Å². The molecular formula is C20H36N6. The highest BCUT2D eigenvalue weighted by Crippen LogP contribution is 2.17. The van der Waals surface area contributed by atoms with Crippen molar-refractivity contribution in [3.8, 4) is 0 Å². The molecule has 6 heteroatoms. The van der Waals surface area contributed by atoms with Gasteiger partial charge in [0.15, 0.2) is 5.96 Å². The van der Waals surface area contributed by atoms with Crippen LogP contribution in [0.25, 0.3) is 0 Å². The first-order chi connectivity index (χ1) is 12.4. The Hall–Kier alpha value is -1.82. The normalized spacial score (nSPS) is 16.7. The van der Waals surface area contributed by atoms with E-state index in [0.717, 1.165) is 57.3 Å². The van der Waals surface area contributed by atoms with Crippen LogP contribution in [0.3, 0.4) is 0 Å². The summed E-state index contributed by atoms with van der Waals surface area (Å²) in [6.07, 6.45) is 4.14. The fourth-order valence-electron chi connectivity index (χ4n) is 3.01. The number of hydrogen-bond donors (Lipinski definition) is 3. The van der Waals surface area contributed by atoms with E-state index in [-0.39, 0.29) is 5.54 Å². The number of pyridine rings is 1. The van der Waals surface area contributed by atoms with Gasteiger partial charge in [0, 0.05) is 44.0 Å². The Bertz CT molecular complexity index is 553. The number of nitrogens with one attached hydrogen (secondary N) is 3. The Morgan fingerprint density at radius 1 is 1.27 bits per heavy atom. The van der Waals surface area contributed by atoms with E-state index >= 15 is 0 Å². The van der Waals surface area contributed by atoms with Gasteiger partial charge in [-0.3, -0.25) is 4.99 Å². The van der Waals surface area contributed by atoms with Gasteiger partial charge in [0.1, 0.15) is 5.82 Å². The summed E-state index contributed by atoms with van der Waals surface area (Å²) < 4.78 is 0. The molecule has 1 aliphatic heterocycles. The van der Waals surface area contributed by atoms with Gasteiger partial charge in [-0.2, -0.15) is 0 Å². The molecule has 26 heavy (non-hydrogen) atoms. The highest BCUT2D eigenvalue weighted by Gasteiger charge is 2.20. The van der Waals surface area contributed by atoms with E-state index in [2.05, 4.69) is 72.6 Å². The van der Waals surface area contributed by atoms with Gasteiger partial charge in [0.25, 0.3) is 0 Å². The monoisotopic (exact) mass is 360 g/mol. The fourth-order valence-corrected chi connectivity index (χ4v) is 3.01. The predicted molar refractivity (Wildman–Crippen MR) is 111 cm³/mol. The summed E-state index contributed by atoms with van der Waals surface area (Å²) >= 11 is 0. The predicted octanol–water partition coefficient (Wildman–Crippen LogP) is 2.30. The minimum absolute atomic E-state index is 0.137. The molecule has 146 valence electrons. The summed E-state index contributed by atoms with van der Waals surface area (Å²) in [4.78, 5) is 11.6. The summed E-state index contributed by atoms with van der Waals surface area (Å²) in [5.74, 6) is 2.01. The van der Waals surface area contributed by atoms with Crippen LogP contribution in [0.1, 0.15) is 46.1 Å². The van der Waals surface area contributed by atoms with Crippen molar-refractivity contribution in [2.75, 3.05) is 37.6 Å². The molecule has 1 aromatic heterocycles. The molecule has 0 aromatic carbocycles. The molecule has 3 N–H and O–H groups in total. The number of piperidine rings is 1. The van der Waals surface area contributed by atoms with Crippen LogP contribution in [0.4, 0.5) is 5.82 Å². The van der Waals surface area contributed by atoms with Crippen LogP contribution in [-0.2, 0) is 0 Å². The number of rotatable bonds is 6. The van der Waals surface area contributed by atoms with Crippen LogP contribution in [0.2, 0.25) is 0 Å². The van der Waals surface area contributed by atoms with Gasteiger partial charge in [-0.15, -0.1) is 0 Å². The quantitative estimate of drug-likeness (QED) is 0.413. The Morgan fingerprint density at radius 2 is 2.00 bits per heavy atom. The molecule has 1 aliphatic rings. The Labute approximate surface area is 158 Å². The number of guanidine groups is 1. The van der Waals surface area contributed by atoms with Crippen molar-refractivity contribution in [3.63, 3.8) is 0 Å². The lowest BCUT2D eigenvalue weighted by molar-refractivity contribution is 0.431. The molecular weight excluding hydrogens is 324 g/mol. The van der Waals surface area contributed by atoms with E-state index < -0.39 is 0 Å². The summed E-state index contributed by atoms with van der Waals surface area (Å²) in [5, 5.41) is 10.4. The zero-order chi connectivity index (χ0) is 19.0. The maximum atomic E-state index is 4.70. The van der Waals surface area contributed by atoms with Gasteiger partial charge in [0.05, 0.1) is 6.54 Å². The lowest BCUT2D eigenvalue weighted by Crippen LogP contribution is -2.49. The first kappa shape index (κ1) is 20.5. The summed E-state index contributed by atoms with van der Waals surface area (Å²) in [5.41, 5.74) is 1.34. The van der Waals surface area contributed by atoms with Gasteiger partial charge >= 0.3 is 0 Å². The van der Waals surface area contributed by atoms with Gasteiger partial charge in [-0.05, 0) is 59.1 Å². The molecule has 0 saturated carbocycles. The van der Waals surface area contributed by atoms with E-state index in [4.69, 9.17) is 4.99 Å². The van der Waals surface area contributed by atoms with E-state index in [1.807, 2.05) is 6.20 Å². The van der Waals surface area contributed by atoms with Crippen LogP contribution >= 0.6 is 0 Å². The molecule has 2 rings (SSSR count). The van der Waals surface area contributed by atoms with Crippen molar-refractivity contribution >= 4 is 11.8 Å². The molecule has 0 spiro atoms. The number of aliphatic imine (C=N–C) groups is 1. The molecule has 0 amide bonds. The average molecular weight is 361 g/mol. The van der Waals surface area contributed by atoms with Crippen molar-refractivity contribution in [1.29, 1.82) is 0 Å². The molecule has 1 fully saturated rings. The number of anilines is 1. The average Bonchev–Trinajstić information content (AvgIpc) is 2.59. The van der Waals surface area contributed by atoms with E-state index in [0.29, 0.717) is 6.04 Å². The highest BCUT2D eigenvalue weighted by atomic mass is 15.2. The topological polar surface area (TPSA) is 64.6 Å². The molecule has 6 nitrogen and oxygen atoms in total. The molecule has 0 radical (unpaired) electrons. The second-order valence-electron chi connectivity index (χ2n) is 8.04. The molecule has 2 heterocycles. The summed E-state index contributed by atoms with van der Waals surface area (Å²) in [6.45, 7) is 15.3. The number of aromatic nitrogens is 1. The SMILES string of the molecule is CCNC(=NCCNC(C)(C)C)NC1CCN(c2ccc(C)cn2)CC1. The molecule has 0 atom stereocenters. The van der Waals surface area contributed by atoms with Gasteiger partial charge in [-0.25, -0.2) is 4.98 Å². The zero-order valence-electron chi connectivity index (χ0n) is 17.1. The van der Waals surface area contributed by atoms with E-state index in [1.165, 1.54) is 5.56 Å². The van der Waals surface area contributed by atoms with Crippen LogP contribution in [-0.4, -0.2) is 55.2 Å². The number of nitrogens with zero attached hydrogens (tertiary/aromatic N) is 3. The molecule has 0 aliphatic carbocycles. The summed E-state index contributed by atoms with van der Waals surface area (Å²) in [7, 11) is 0. The van der Waals surface area contributed by atoms with E-state index in [1.54, 1.807) is 0 Å². The third kappa shape index (κ3) is 7.20. The second-order valence-corrected chi connectivity index (χ2v) is 8.04. The second kappa shape index (κ2) is 9.76.